The number of hydrazone groups is 1. The van der Waals surface area contributed by atoms with Gasteiger partial charge in [0.2, 0.25) is 0 Å². The van der Waals surface area contributed by atoms with E-state index < -0.39 is 0 Å². The van der Waals surface area contributed by atoms with E-state index in [1.54, 1.807) is 13.3 Å². The summed E-state index contributed by atoms with van der Waals surface area (Å²) >= 11 is 5.03. The molecule has 0 aromatic heterocycles. The summed E-state index contributed by atoms with van der Waals surface area (Å²) in [7, 11) is 1.59. The molecule has 0 fully saturated rings. The minimum absolute atomic E-state index is 0.166. The SMILES string of the molecule is COc1cc(/C=N\NC(=O)[C@H](C)Sc2ccc(C)cc2)cc(Br)c1OCc1ccccc1. The molecule has 5 nitrogen and oxygen atoms in total. The van der Waals surface area contributed by atoms with Crippen molar-refractivity contribution >= 4 is 39.8 Å². The first kappa shape index (κ1) is 23.9. The topological polar surface area (TPSA) is 59.9 Å². The Morgan fingerprint density at radius 1 is 1.16 bits per heavy atom. The van der Waals surface area contributed by atoms with Gasteiger partial charge in [0.05, 0.1) is 23.0 Å². The number of carbonyl (C=O) groups is 1. The van der Waals surface area contributed by atoms with Gasteiger partial charge in [-0.3, -0.25) is 4.79 Å². The number of amides is 1. The number of halogens is 1. The van der Waals surface area contributed by atoms with Crippen molar-refractivity contribution in [3.8, 4) is 11.5 Å². The van der Waals surface area contributed by atoms with Gasteiger partial charge in [0, 0.05) is 4.90 Å². The lowest BCUT2D eigenvalue weighted by Gasteiger charge is -2.13. The fraction of sp³-hybridized carbons (Fsp3) is 0.200. The summed E-state index contributed by atoms with van der Waals surface area (Å²) in [6.07, 6.45) is 1.58. The molecule has 3 rings (SSSR count). The van der Waals surface area contributed by atoms with E-state index in [9.17, 15) is 4.79 Å². The maximum absolute atomic E-state index is 12.4. The van der Waals surface area contributed by atoms with Crippen LogP contribution in [-0.2, 0) is 11.4 Å². The number of hydrogen-bond donors (Lipinski definition) is 1. The summed E-state index contributed by atoms with van der Waals surface area (Å²) in [5.41, 5.74) is 5.62. The lowest BCUT2D eigenvalue weighted by atomic mass is 10.2. The summed E-state index contributed by atoms with van der Waals surface area (Å²) < 4.78 is 12.2. The van der Waals surface area contributed by atoms with Crippen LogP contribution in [0.25, 0.3) is 0 Å². The predicted molar refractivity (Wildman–Crippen MR) is 134 cm³/mol. The van der Waals surface area contributed by atoms with Crippen LogP contribution in [0.5, 0.6) is 11.5 Å². The Bertz CT molecular complexity index is 1070. The summed E-state index contributed by atoms with van der Waals surface area (Å²) in [4.78, 5) is 13.4. The average Bonchev–Trinajstić information content (AvgIpc) is 2.80. The Balaban J connectivity index is 1.60. The van der Waals surface area contributed by atoms with E-state index in [2.05, 4.69) is 26.5 Å². The third-order valence-electron chi connectivity index (χ3n) is 4.57. The number of nitrogens with one attached hydrogen (secondary N) is 1. The van der Waals surface area contributed by atoms with Crippen molar-refractivity contribution in [2.24, 2.45) is 5.10 Å². The van der Waals surface area contributed by atoms with E-state index in [1.807, 2.05) is 80.6 Å². The molecule has 1 atom stereocenters. The first-order chi connectivity index (χ1) is 15.5. The van der Waals surface area contributed by atoms with Gasteiger partial charge in [0.25, 0.3) is 5.91 Å². The lowest BCUT2D eigenvalue weighted by molar-refractivity contribution is -0.120. The van der Waals surface area contributed by atoms with Crippen molar-refractivity contribution < 1.29 is 14.3 Å². The van der Waals surface area contributed by atoms with E-state index in [-0.39, 0.29) is 11.2 Å². The predicted octanol–water partition coefficient (Wildman–Crippen LogP) is 5.98. The monoisotopic (exact) mass is 512 g/mol. The second kappa shape index (κ2) is 11.7. The summed E-state index contributed by atoms with van der Waals surface area (Å²) in [6, 6.07) is 21.7. The molecule has 3 aromatic rings. The van der Waals surface area contributed by atoms with Gasteiger partial charge in [-0.1, -0.05) is 48.0 Å². The quantitative estimate of drug-likeness (QED) is 0.217. The molecule has 0 unspecified atom stereocenters. The minimum atomic E-state index is -0.273. The molecule has 0 bridgehead atoms. The molecule has 166 valence electrons. The maximum atomic E-state index is 12.4. The number of aryl methyl sites for hydroxylation is 1. The van der Waals surface area contributed by atoms with Gasteiger partial charge in [-0.05, 0) is 65.2 Å². The maximum Gasteiger partial charge on any atom is 0.253 e. The number of rotatable bonds is 9. The Morgan fingerprint density at radius 3 is 2.56 bits per heavy atom. The van der Waals surface area contributed by atoms with Crippen LogP contribution >= 0.6 is 27.7 Å². The molecule has 0 heterocycles. The first-order valence-corrected chi connectivity index (χ1v) is 11.7. The van der Waals surface area contributed by atoms with Crippen LogP contribution in [0.4, 0.5) is 0 Å². The minimum Gasteiger partial charge on any atom is -0.493 e. The molecule has 0 radical (unpaired) electrons. The van der Waals surface area contributed by atoms with Gasteiger partial charge in [-0.25, -0.2) is 5.43 Å². The van der Waals surface area contributed by atoms with E-state index in [1.165, 1.54) is 17.3 Å². The van der Waals surface area contributed by atoms with Crippen LogP contribution < -0.4 is 14.9 Å². The number of thioether (sulfide) groups is 1. The first-order valence-electron chi connectivity index (χ1n) is 10.1. The number of methoxy groups -OCH3 is 1. The van der Waals surface area contributed by atoms with Gasteiger partial charge in [0.15, 0.2) is 11.5 Å². The highest BCUT2D eigenvalue weighted by Crippen LogP contribution is 2.36. The summed E-state index contributed by atoms with van der Waals surface area (Å²) in [6.45, 7) is 4.32. The van der Waals surface area contributed by atoms with Gasteiger partial charge in [-0.15, -0.1) is 11.8 Å². The molecule has 3 aromatic carbocycles. The fourth-order valence-corrected chi connectivity index (χ4v) is 4.26. The Labute approximate surface area is 201 Å². The molecule has 0 aliphatic heterocycles. The largest absolute Gasteiger partial charge is 0.493 e. The van der Waals surface area contributed by atoms with Crippen LogP contribution in [0.1, 0.15) is 23.6 Å². The zero-order chi connectivity index (χ0) is 22.9. The van der Waals surface area contributed by atoms with Gasteiger partial charge < -0.3 is 9.47 Å². The second-order valence-electron chi connectivity index (χ2n) is 7.12. The van der Waals surface area contributed by atoms with E-state index in [0.29, 0.717) is 18.1 Å². The van der Waals surface area contributed by atoms with Crippen molar-refractivity contribution in [3.05, 3.63) is 87.9 Å². The third kappa shape index (κ3) is 6.87. The van der Waals surface area contributed by atoms with E-state index in [0.717, 1.165) is 20.5 Å². The Hall–Kier alpha value is -2.77. The summed E-state index contributed by atoms with van der Waals surface area (Å²) in [5, 5.41) is 3.83. The summed E-state index contributed by atoms with van der Waals surface area (Å²) in [5.74, 6) is 1.02. The number of ether oxygens (including phenoxy) is 2. The average molecular weight is 513 g/mol. The smallest absolute Gasteiger partial charge is 0.253 e. The zero-order valence-corrected chi connectivity index (χ0v) is 20.6. The fourth-order valence-electron chi connectivity index (χ4n) is 2.82. The molecule has 1 N–H and O–H groups in total. The molecule has 0 aliphatic rings. The van der Waals surface area contributed by atoms with Crippen molar-refractivity contribution in [3.63, 3.8) is 0 Å². The van der Waals surface area contributed by atoms with Crippen molar-refractivity contribution in [1.82, 2.24) is 5.43 Å². The molecule has 0 spiro atoms. The molecule has 1 amide bonds. The van der Waals surface area contributed by atoms with Crippen LogP contribution in [0.3, 0.4) is 0 Å². The zero-order valence-electron chi connectivity index (χ0n) is 18.2. The van der Waals surface area contributed by atoms with Gasteiger partial charge >= 0.3 is 0 Å². The highest BCUT2D eigenvalue weighted by atomic mass is 79.9. The van der Waals surface area contributed by atoms with E-state index in [4.69, 9.17) is 9.47 Å². The molecular formula is C25H25BrN2O3S. The molecule has 32 heavy (non-hydrogen) atoms. The van der Waals surface area contributed by atoms with Crippen molar-refractivity contribution in [2.45, 2.75) is 30.6 Å². The van der Waals surface area contributed by atoms with Crippen molar-refractivity contribution in [1.29, 1.82) is 0 Å². The number of hydrogen-bond acceptors (Lipinski definition) is 5. The van der Waals surface area contributed by atoms with Crippen LogP contribution in [0.15, 0.2) is 81.2 Å². The molecule has 0 saturated carbocycles. The Kier molecular flexibility index (Phi) is 8.76. The van der Waals surface area contributed by atoms with Crippen LogP contribution in [-0.4, -0.2) is 24.5 Å². The van der Waals surface area contributed by atoms with Crippen LogP contribution in [0.2, 0.25) is 0 Å². The van der Waals surface area contributed by atoms with Crippen LogP contribution in [0, 0.1) is 6.92 Å². The molecule has 0 saturated heterocycles. The number of nitrogens with zero attached hydrogens (tertiary/aromatic N) is 1. The molecule has 7 heteroatoms. The lowest BCUT2D eigenvalue weighted by Crippen LogP contribution is -2.26. The van der Waals surface area contributed by atoms with Gasteiger partial charge in [-0.2, -0.15) is 5.10 Å². The second-order valence-corrected chi connectivity index (χ2v) is 9.38. The Morgan fingerprint density at radius 2 is 1.88 bits per heavy atom. The molecule has 0 aliphatic carbocycles. The standard InChI is InChI=1S/C25H25BrN2O3S/c1-17-9-11-21(12-10-17)32-18(2)25(29)28-27-15-20-13-22(26)24(23(14-20)30-3)31-16-19-7-5-4-6-8-19/h4-15,18H,16H2,1-3H3,(H,28,29)/b27-15-/t18-/m0/s1. The van der Waals surface area contributed by atoms with Gasteiger partial charge in [0.1, 0.15) is 6.61 Å². The highest BCUT2D eigenvalue weighted by molar-refractivity contribution is 9.10. The highest BCUT2D eigenvalue weighted by Gasteiger charge is 2.14. The number of benzene rings is 3. The molecular weight excluding hydrogens is 488 g/mol. The number of carbonyl (C=O) groups excluding carboxylic acids is 1. The normalized spacial score (nSPS) is 11.9. The third-order valence-corrected chi connectivity index (χ3v) is 6.27. The van der Waals surface area contributed by atoms with E-state index >= 15 is 0 Å². The van der Waals surface area contributed by atoms with Crippen molar-refractivity contribution in [2.75, 3.05) is 7.11 Å².